The van der Waals surface area contributed by atoms with Gasteiger partial charge in [-0.05, 0) is 45.6 Å². The first-order valence-electron chi connectivity index (χ1n) is 9.70. The zero-order valence-electron chi connectivity index (χ0n) is 16.7. The number of nitrogens with zero attached hydrogens (tertiary/aromatic N) is 3. The van der Waals surface area contributed by atoms with E-state index in [0.29, 0.717) is 19.1 Å². The number of hydrogen-bond donors (Lipinski definition) is 3. The summed E-state index contributed by atoms with van der Waals surface area (Å²) < 4.78 is 7.62. The highest BCUT2D eigenvalue weighted by Gasteiger charge is 2.34. The molecule has 148 valence electrons. The van der Waals surface area contributed by atoms with E-state index >= 15 is 0 Å². The third kappa shape index (κ3) is 5.99. The van der Waals surface area contributed by atoms with E-state index in [2.05, 4.69) is 47.3 Å². The van der Waals surface area contributed by atoms with E-state index < -0.39 is 0 Å². The fraction of sp³-hybridized carbons (Fsp3) is 0.789. The van der Waals surface area contributed by atoms with Gasteiger partial charge in [0.15, 0.2) is 5.96 Å². The summed E-state index contributed by atoms with van der Waals surface area (Å²) in [5, 5.41) is 20.7. The van der Waals surface area contributed by atoms with Gasteiger partial charge < -0.3 is 20.5 Å². The maximum Gasteiger partial charge on any atom is 0.191 e. The van der Waals surface area contributed by atoms with E-state index in [9.17, 15) is 5.11 Å². The Morgan fingerprint density at radius 2 is 2.27 bits per heavy atom. The van der Waals surface area contributed by atoms with Gasteiger partial charge in [-0.15, -0.1) is 0 Å². The summed E-state index contributed by atoms with van der Waals surface area (Å²) in [6.07, 6.45) is 1.70. The summed E-state index contributed by atoms with van der Waals surface area (Å²) in [5.74, 6) is 1.26. The van der Waals surface area contributed by atoms with E-state index in [1.807, 2.05) is 6.92 Å². The van der Waals surface area contributed by atoms with Crippen molar-refractivity contribution in [1.82, 2.24) is 20.4 Å². The highest BCUT2D eigenvalue weighted by atomic mass is 16.5. The first kappa shape index (κ1) is 20.7. The van der Waals surface area contributed by atoms with E-state index in [-0.39, 0.29) is 12.0 Å². The molecule has 1 aliphatic heterocycles. The average molecular weight is 366 g/mol. The molecule has 0 spiro atoms. The summed E-state index contributed by atoms with van der Waals surface area (Å²) in [6.45, 7) is 13.2. The van der Waals surface area contributed by atoms with Crippen LogP contribution in [0.2, 0.25) is 0 Å². The SMILES string of the molecule is CCNC(=NCC1(CCO)CCOC1)NCC(C)Cn1nc(C)cc1C. The largest absolute Gasteiger partial charge is 0.396 e. The third-order valence-electron chi connectivity index (χ3n) is 4.95. The number of aliphatic imine (C=N–C) groups is 1. The predicted molar refractivity (Wildman–Crippen MR) is 104 cm³/mol. The molecule has 26 heavy (non-hydrogen) atoms. The van der Waals surface area contributed by atoms with Gasteiger partial charge in [0.25, 0.3) is 0 Å². The molecule has 2 atom stereocenters. The minimum Gasteiger partial charge on any atom is -0.396 e. The molecule has 1 fully saturated rings. The van der Waals surface area contributed by atoms with Crippen molar-refractivity contribution in [2.24, 2.45) is 16.3 Å². The van der Waals surface area contributed by atoms with Gasteiger partial charge in [0, 0.05) is 44.0 Å². The lowest BCUT2D eigenvalue weighted by molar-refractivity contribution is 0.131. The van der Waals surface area contributed by atoms with E-state index in [4.69, 9.17) is 9.73 Å². The Balaban J connectivity index is 1.89. The Bertz CT molecular complexity index is 578. The van der Waals surface area contributed by atoms with Crippen molar-refractivity contribution in [2.45, 2.75) is 47.1 Å². The molecule has 1 aliphatic rings. The molecule has 0 bridgehead atoms. The molecule has 2 unspecified atom stereocenters. The second kappa shape index (κ2) is 9.92. The van der Waals surface area contributed by atoms with Crippen molar-refractivity contribution < 1.29 is 9.84 Å². The van der Waals surface area contributed by atoms with Crippen LogP contribution in [0.15, 0.2) is 11.1 Å². The maximum atomic E-state index is 9.36. The van der Waals surface area contributed by atoms with Crippen molar-refractivity contribution in [2.75, 3.05) is 39.5 Å². The third-order valence-corrected chi connectivity index (χ3v) is 4.95. The van der Waals surface area contributed by atoms with Crippen LogP contribution < -0.4 is 10.6 Å². The number of aryl methyl sites for hydroxylation is 2. The molecule has 0 amide bonds. The van der Waals surface area contributed by atoms with E-state index in [0.717, 1.165) is 50.7 Å². The Morgan fingerprint density at radius 3 is 2.85 bits per heavy atom. The fourth-order valence-electron chi connectivity index (χ4n) is 3.37. The van der Waals surface area contributed by atoms with Gasteiger partial charge in [-0.1, -0.05) is 6.92 Å². The lowest BCUT2D eigenvalue weighted by Crippen LogP contribution is -2.41. The number of guanidine groups is 1. The van der Waals surface area contributed by atoms with Crippen LogP contribution in [0.1, 0.15) is 38.1 Å². The standard InChI is InChI=1S/C19H35N5O2/c1-5-20-18(22-13-19(6-8-25)7-9-26-14-19)21-11-15(2)12-24-17(4)10-16(3)23-24/h10,15,25H,5-9,11-14H2,1-4H3,(H2,20,21,22). The van der Waals surface area contributed by atoms with Gasteiger partial charge in [0.05, 0.1) is 18.8 Å². The highest BCUT2D eigenvalue weighted by Crippen LogP contribution is 2.32. The summed E-state index contributed by atoms with van der Waals surface area (Å²) in [5.41, 5.74) is 2.24. The van der Waals surface area contributed by atoms with Crippen LogP contribution in [-0.2, 0) is 11.3 Å². The smallest absolute Gasteiger partial charge is 0.191 e. The molecule has 7 nitrogen and oxygen atoms in total. The van der Waals surface area contributed by atoms with Crippen LogP contribution in [0, 0.1) is 25.2 Å². The normalized spacial score (nSPS) is 21.8. The molecule has 1 aromatic rings. The Kier molecular flexibility index (Phi) is 7.90. The minimum absolute atomic E-state index is 0.0214. The second-order valence-electron chi connectivity index (χ2n) is 7.57. The topological polar surface area (TPSA) is 83.7 Å². The zero-order chi connectivity index (χ0) is 19.0. The molecule has 0 radical (unpaired) electrons. The summed E-state index contributed by atoms with van der Waals surface area (Å²) in [7, 11) is 0. The van der Waals surface area contributed by atoms with Gasteiger partial charge in [-0.2, -0.15) is 5.10 Å². The molecule has 2 rings (SSSR count). The first-order chi connectivity index (χ1) is 12.5. The Morgan fingerprint density at radius 1 is 1.46 bits per heavy atom. The van der Waals surface area contributed by atoms with Crippen LogP contribution >= 0.6 is 0 Å². The van der Waals surface area contributed by atoms with Crippen LogP contribution in [0.25, 0.3) is 0 Å². The van der Waals surface area contributed by atoms with Gasteiger partial charge in [-0.3, -0.25) is 9.67 Å². The molecular weight excluding hydrogens is 330 g/mol. The summed E-state index contributed by atoms with van der Waals surface area (Å²) in [6, 6.07) is 2.11. The van der Waals surface area contributed by atoms with Gasteiger partial charge in [0.2, 0.25) is 0 Å². The zero-order valence-corrected chi connectivity index (χ0v) is 16.7. The molecule has 3 N–H and O–H groups in total. The molecule has 7 heteroatoms. The van der Waals surface area contributed by atoms with Gasteiger partial charge in [-0.25, -0.2) is 0 Å². The van der Waals surface area contributed by atoms with E-state index in [1.54, 1.807) is 0 Å². The Hall–Kier alpha value is -1.60. The van der Waals surface area contributed by atoms with Crippen LogP contribution in [-0.4, -0.2) is 60.3 Å². The highest BCUT2D eigenvalue weighted by molar-refractivity contribution is 5.79. The molecule has 0 aliphatic carbocycles. The van der Waals surface area contributed by atoms with Crippen LogP contribution in [0.4, 0.5) is 0 Å². The minimum atomic E-state index is -0.0214. The van der Waals surface area contributed by atoms with Crippen molar-refractivity contribution in [3.05, 3.63) is 17.5 Å². The number of aromatic nitrogens is 2. The lowest BCUT2D eigenvalue weighted by atomic mass is 9.84. The number of aliphatic hydroxyl groups is 1. The van der Waals surface area contributed by atoms with Gasteiger partial charge in [0.1, 0.15) is 0 Å². The average Bonchev–Trinajstić information content (AvgIpc) is 3.17. The maximum absolute atomic E-state index is 9.36. The van der Waals surface area contributed by atoms with Crippen LogP contribution in [0.3, 0.4) is 0 Å². The second-order valence-corrected chi connectivity index (χ2v) is 7.57. The molecule has 2 heterocycles. The fourth-order valence-corrected chi connectivity index (χ4v) is 3.37. The van der Waals surface area contributed by atoms with Gasteiger partial charge >= 0.3 is 0 Å². The molecule has 0 aromatic carbocycles. The summed E-state index contributed by atoms with van der Waals surface area (Å²) in [4.78, 5) is 4.77. The van der Waals surface area contributed by atoms with E-state index in [1.165, 1.54) is 5.69 Å². The molecule has 1 aromatic heterocycles. The molecular formula is C19H35N5O2. The van der Waals surface area contributed by atoms with Crippen molar-refractivity contribution in [1.29, 1.82) is 0 Å². The number of ether oxygens (including phenoxy) is 1. The predicted octanol–water partition coefficient (Wildman–Crippen LogP) is 1.48. The lowest BCUT2D eigenvalue weighted by Gasteiger charge is -2.25. The van der Waals surface area contributed by atoms with Crippen molar-refractivity contribution >= 4 is 5.96 Å². The number of hydrogen-bond acceptors (Lipinski definition) is 4. The molecule has 0 saturated carbocycles. The molecule has 1 saturated heterocycles. The van der Waals surface area contributed by atoms with Crippen molar-refractivity contribution in [3.8, 4) is 0 Å². The Labute approximate surface area is 157 Å². The number of aliphatic hydroxyl groups excluding tert-OH is 1. The van der Waals surface area contributed by atoms with Crippen molar-refractivity contribution in [3.63, 3.8) is 0 Å². The summed E-state index contributed by atoms with van der Waals surface area (Å²) >= 11 is 0. The number of rotatable bonds is 9. The van der Waals surface area contributed by atoms with Crippen LogP contribution in [0.5, 0.6) is 0 Å². The number of nitrogens with one attached hydrogen (secondary N) is 2. The quantitative estimate of drug-likeness (QED) is 0.456. The monoisotopic (exact) mass is 365 g/mol. The first-order valence-corrected chi connectivity index (χ1v) is 9.70.